The van der Waals surface area contributed by atoms with Crippen LogP contribution < -0.4 is 21.3 Å². The first-order valence-electron chi connectivity index (χ1n) is 34.9. The van der Waals surface area contributed by atoms with E-state index in [1.54, 1.807) is 69.4 Å². The molecule has 0 aromatic carbocycles. The van der Waals surface area contributed by atoms with Crippen molar-refractivity contribution in [3.05, 3.63) is 0 Å². The number of aliphatic hydroxyl groups is 3. The summed E-state index contributed by atoms with van der Waals surface area (Å²) in [6.07, 6.45) is -0.496. The predicted octanol–water partition coefficient (Wildman–Crippen LogP) is 1.62. The summed E-state index contributed by atoms with van der Waals surface area (Å²) >= 11 is 0. The smallest absolute Gasteiger partial charge is 0.246 e. The largest absolute Gasteiger partial charge is 0.396 e. The van der Waals surface area contributed by atoms with Gasteiger partial charge in [-0.05, 0) is 129 Å². The third kappa shape index (κ3) is 22.7. The Morgan fingerprint density at radius 1 is 0.568 bits per heavy atom. The van der Waals surface area contributed by atoms with E-state index in [0.29, 0.717) is 45.3 Å². The first-order chi connectivity index (χ1) is 44.4. The highest BCUT2D eigenvalue weighted by Crippen LogP contribution is 2.28. The Morgan fingerprint density at radius 3 is 1.69 bits per heavy atom. The summed E-state index contributed by atoms with van der Waals surface area (Å²) in [6, 6.07) is -15.3. The lowest BCUT2D eigenvalue weighted by Gasteiger charge is -2.47. The molecule has 0 radical (unpaired) electrons. The van der Waals surface area contributed by atoms with Gasteiger partial charge < -0.3 is 75.5 Å². The molecule has 95 heavy (non-hydrogen) atoms. The van der Waals surface area contributed by atoms with Crippen molar-refractivity contribution in [2.75, 3.05) is 88.3 Å². The summed E-state index contributed by atoms with van der Waals surface area (Å²) in [5.74, 6) is -9.40. The van der Waals surface area contributed by atoms with Crippen LogP contribution in [0.15, 0.2) is 0 Å². The highest BCUT2D eigenvalue weighted by molar-refractivity contribution is 5.99. The summed E-state index contributed by atoms with van der Waals surface area (Å²) in [7, 11) is 8.62. The number of unbranched alkanes of at least 4 members (excludes halogenated alkanes) is 3. The van der Waals surface area contributed by atoms with E-state index in [2.05, 4.69) is 26.2 Å². The van der Waals surface area contributed by atoms with Gasteiger partial charge >= 0.3 is 0 Å². The van der Waals surface area contributed by atoms with Crippen LogP contribution in [-0.4, -0.2) is 293 Å². The third-order valence-electron chi connectivity index (χ3n) is 19.6. The summed E-state index contributed by atoms with van der Waals surface area (Å²) in [6.45, 7) is 29.4. The molecule has 3 saturated heterocycles. The number of hydrogen-bond acceptors (Lipinski definition) is 17. The Kier molecular flexibility index (Phi) is 34.4. The predicted molar refractivity (Wildman–Crippen MR) is 361 cm³/mol. The SMILES string of the molecule is CC[C@@H]1NC(=O)[C@H]([C@H](O)[C@H](C)CCCCCO)NC(=O)[C@H](C(C)C)N(C)C(=O)[C@@H]2CC(C)N(C(=O)[C@H](C)NC(=O)[C@H](CC(C)C)N(C)C(=O)[C@H](C(C)C)NC(=O)[C@H]([C@@H](C)OCCCCN3CCOCC3)N(C)C(=O)[C@@H](C)N(C)C1=O)[C@H](C)C(O)N(C)[C@@H](CC(C)C)C(=O)N2C. The second-order valence-electron chi connectivity index (χ2n) is 28.7. The summed E-state index contributed by atoms with van der Waals surface area (Å²) in [5.41, 5.74) is 0. The highest BCUT2D eigenvalue weighted by Gasteiger charge is 2.48. The van der Waals surface area contributed by atoms with Gasteiger partial charge in [0.05, 0.1) is 37.5 Å². The van der Waals surface area contributed by atoms with Gasteiger partial charge in [0.2, 0.25) is 59.1 Å². The topological polar surface area (TPSA) is 324 Å². The van der Waals surface area contributed by atoms with Crippen LogP contribution >= 0.6 is 0 Å². The molecule has 0 aromatic rings. The fourth-order valence-electron chi connectivity index (χ4n) is 13.3. The first-order valence-corrected chi connectivity index (χ1v) is 34.9. The minimum Gasteiger partial charge on any atom is -0.396 e. The van der Waals surface area contributed by atoms with Crippen molar-refractivity contribution in [1.29, 1.82) is 0 Å². The molecule has 3 fully saturated rings. The Labute approximate surface area is 567 Å². The number of morpholine rings is 1. The molecule has 0 spiro atoms. The number of rotatable bonds is 21. The third-order valence-corrected chi connectivity index (χ3v) is 19.6. The average Bonchev–Trinajstić information content (AvgIpc) is 0.802. The normalized spacial score (nSPS) is 29.6. The minimum atomic E-state index is -1.73. The number of amides is 10. The van der Waals surface area contributed by atoms with Crippen LogP contribution in [0.25, 0.3) is 0 Å². The summed E-state index contributed by atoms with van der Waals surface area (Å²) < 4.78 is 11.9. The second kappa shape index (κ2) is 39.1. The van der Waals surface area contributed by atoms with Crippen molar-refractivity contribution < 1.29 is 72.7 Å². The standard InChI is InChI=1S/C68H124N12O15/c1-22-49-65(90)73(16)46(13)63(88)78(21)56(48(15)95-33-27-25-29-79-30-34-94-35-31-79)61(86)71-53(41(6)7)68(93)74(17)50(36-39(2)3)58(83)69-45(12)62(87)80-44(11)38-52(76(19)66(91)51(37-40(4)5)75(18)64(89)47(80)14)67(92)77(20)55(42(8)9)60(85)72-54(59(84)70-49)57(82)43(10)28-24-23-26-32-81/h39-57,64,81-82,89H,22-38H2,1-21H3,(H,69,83)(H,70,84)(H,71,86)(H,72,85)/t43-,44?,45+,46-,47-,48-,49+,50+,51+,52+,53+,54+,55+,56+,57-,64?/m1/s1. The molecule has 0 saturated carbocycles. The highest BCUT2D eigenvalue weighted by atomic mass is 16.5. The van der Waals surface area contributed by atoms with E-state index in [4.69, 9.17) is 9.47 Å². The van der Waals surface area contributed by atoms with Crippen LogP contribution in [0.3, 0.4) is 0 Å². The lowest BCUT2D eigenvalue weighted by Crippen LogP contribution is -2.66. The molecule has 2 unspecified atom stereocenters. The first kappa shape index (κ1) is 83.6. The maximum atomic E-state index is 15.6. The molecule has 7 N–H and O–H groups in total. The van der Waals surface area contributed by atoms with E-state index in [1.165, 1.54) is 78.5 Å². The Hall–Kier alpha value is -5.58. The lowest BCUT2D eigenvalue weighted by atomic mass is 9.91. The molecule has 2 bridgehead atoms. The molecule has 3 rings (SSSR count). The Bertz CT molecular complexity index is 2520. The van der Waals surface area contributed by atoms with Crippen molar-refractivity contribution in [3.8, 4) is 0 Å². The van der Waals surface area contributed by atoms with Crippen LogP contribution in [-0.2, 0) is 57.4 Å². The van der Waals surface area contributed by atoms with E-state index in [9.17, 15) is 39.3 Å². The van der Waals surface area contributed by atoms with Crippen LogP contribution in [0.5, 0.6) is 0 Å². The molecule has 27 heteroatoms. The molecule has 3 heterocycles. The van der Waals surface area contributed by atoms with Crippen LogP contribution in [0, 0.1) is 29.6 Å². The van der Waals surface area contributed by atoms with E-state index in [0.717, 1.165) is 31.0 Å². The maximum absolute atomic E-state index is 15.6. The maximum Gasteiger partial charge on any atom is 0.246 e. The number of hydrogen-bond donors (Lipinski definition) is 7. The number of fused-ring (bicyclic) bond motifs is 3. The van der Waals surface area contributed by atoms with Gasteiger partial charge in [0.25, 0.3) is 0 Å². The second-order valence-corrected chi connectivity index (χ2v) is 28.7. The summed E-state index contributed by atoms with van der Waals surface area (Å²) in [5, 5.41) is 45.2. The summed E-state index contributed by atoms with van der Waals surface area (Å²) in [4.78, 5) is 162. The van der Waals surface area contributed by atoms with E-state index in [-0.39, 0.29) is 50.7 Å². The molecule has 0 aromatic heterocycles. The monoisotopic (exact) mass is 1350 g/mol. The van der Waals surface area contributed by atoms with Crippen molar-refractivity contribution in [2.24, 2.45) is 29.6 Å². The molecule has 0 aliphatic carbocycles. The van der Waals surface area contributed by atoms with Crippen LogP contribution in [0.2, 0.25) is 0 Å². The number of aliphatic hydroxyl groups excluding tert-OH is 3. The average molecular weight is 1350 g/mol. The zero-order valence-electron chi connectivity index (χ0n) is 61.4. The molecule has 27 nitrogen and oxygen atoms in total. The molecule has 16 atom stereocenters. The van der Waals surface area contributed by atoms with Crippen molar-refractivity contribution >= 4 is 59.1 Å². The van der Waals surface area contributed by atoms with Gasteiger partial charge in [-0.25, -0.2) is 0 Å². The van der Waals surface area contributed by atoms with Crippen molar-refractivity contribution in [2.45, 2.75) is 259 Å². The quantitative estimate of drug-likeness (QED) is 0.0803. The molecule has 10 amide bonds. The number of nitrogens with zero attached hydrogens (tertiary/aromatic N) is 8. The van der Waals surface area contributed by atoms with Gasteiger partial charge in [0, 0.05) is 67.6 Å². The molecule has 546 valence electrons. The molecule has 3 aliphatic rings. The van der Waals surface area contributed by atoms with Gasteiger partial charge in [-0.1, -0.05) is 82.1 Å². The van der Waals surface area contributed by atoms with E-state index < -0.39 is 168 Å². The van der Waals surface area contributed by atoms with E-state index in [1.807, 2.05) is 27.7 Å². The van der Waals surface area contributed by atoms with E-state index >= 15 is 24.0 Å². The Balaban J connectivity index is 2.39. The molecular weight excluding hydrogens is 1220 g/mol. The minimum absolute atomic E-state index is 0.0231. The van der Waals surface area contributed by atoms with Gasteiger partial charge in [-0.3, -0.25) is 57.7 Å². The van der Waals surface area contributed by atoms with Gasteiger partial charge in [0.1, 0.15) is 60.6 Å². The fourth-order valence-corrected chi connectivity index (χ4v) is 13.3. The zero-order valence-corrected chi connectivity index (χ0v) is 61.4. The van der Waals surface area contributed by atoms with Crippen molar-refractivity contribution in [1.82, 2.24) is 60.5 Å². The van der Waals surface area contributed by atoms with Crippen molar-refractivity contribution in [3.63, 3.8) is 0 Å². The number of likely N-dealkylation sites (N-methyl/N-ethyl adjacent to an activating group) is 6. The van der Waals surface area contributed by atoms with Gasteiger partial charge in [-0.2, -0.15) is 0 Å². The Morgan fingerprint density at radius 2 is 1.14 bits per heavy atom. The zero-order chi connectivity index (χ0) is 72.2. The lowest BCUT2D eigenvalue weighted by molar-refractivity contribution is -0.162. The number of ether oxygens (including phenoxy) is 2. The molecule has 3 aliphatic heterocycles. The van der Waals surface area contributed by atoms with Gasteiger partial charge in [-0.15, -0.1) is 0 Å². The molecular formula is C68H124N12O15. The number of nitrogens with one attached hydrogen (secondary N) is 4. The number of carbonyl (C=O) groups is 10. The van der Waals surface area contributed by atoms with Crippen LogP contribution in [0.4, 0.5) is 0 Å². The van der Waals surface area contributed by atoms with Crippen LogP contribution in [0.1, 0.15) is 168 Å². The van der Waals surface area contributed by atoms with Gasteiger partial charge in [0.15, 0.2) is 0 Å². The fraction of sp³-hybridized carbons (Fsp3) is 0.853. The number of carbonyl (C=O) groups excluding carboxylic acids is 10.